The Morgan fingerprint density at radius 3 is 2.28 bits per heavy atom. The summed E-state index contributed by atoms with van der Waals surface area (Å²) in [7, 11) is 1.63. The maximum Gasteiger partial charge on any atom is 0.305 e. The minimum absolute atomic E-state index is 0.182. The molecule has 0 N–H and O–H groups in total. The maximum absolute atomic E-state index is 11.3. The fourth-order valence-electron chi connectivity index (χ4n) is 3.23. The van der Waals surface area contributed by atoms with Gasteiger partial charge in [0.1, 0.15) is 22.2 Å². The fourth-order valence-corrected chi connectivity index (χ4v) is 5.08. The van der Waals surface area contributed by atoms with Crippen LogP contribution in [-0.4, -0.2) is 37.8 Å². The van der Waals surface area contributed by atoms with Crippen LogP contribution in [0.3, 0.4) is 0 Å². The van der Waals surface area contributed by atoms with Crippen molar-refractivity contribution >= 4 is 65.4 Å². The third kappa shape index (κ3) is 6.70. The molecule has 4 aromatic rings. The average Bonchev–Trinajstić information content (AvgIpc) is 3.48. The fraction of sp³-hybridized carbons (Fsp3) is 0.280. The molecule has 186 valence electrons. The van der Waals surface area contributed by atoms with Crippen molar-refractivity contribution < 1.29 is 14.3 Å². The zero-order valence-electron chi connectivity index (χ0n) is 20.2. The highest BCUT2D eigenvalue weighted by Crippen LogP contribution is 2.39. The van der Waals surface area contributed by atoms with Crippen molar-refractivity contribution in [2.45, 2.75) is 20.3 Å². The van der Waals surface area contributed by atoms with Gasteiger partial charge >= 0.3 is 5.97 Å². The predicted octanol–water partition coefficient (Wildman–Crippen LogP) is 7.98. The minimum Gasteiger partial charge on any atom is -0.497 e. The molecule has 0 atom stereocenters. The van der Waals surface area contributed by atoms with Crippen LogP contribution in [-0.2, 0) is 9.53 Å². The molecule has 0 spiro atoms. The summed E-state index contributed by atoms with van der Waals surface area (Å²) in [5, 5.41) is 18.6. The summed E-state index contributed by atoms with van der Waals surface area (Å²) in [6.45, 7) is 5.67. The van der Waals surface area contributed by atoms with Gasteiger partial charge in [0, 0.05) is 18.7 Å². The molecule has 0 amide bonds. The lowest BCUT2D eigenvalue weighted by molar-refractivity contribution is -0.142. The number of nitrogens with zero attached hydrogens (tertiary/aromatic N) is 6. The maximum atomic E-state index is 11.3. The second-order valence-electron chi connectivity index (χ2n) is 7.52. The number of esters is 1. The monoisotopic (exact) mass is 522 g/mol. The zero-order valence-corrected chi connectivity index (χ0v) is 21.9. The van der Waals surface area contributed by atoms with Crippen molar-refractivity contribution in [2.24, 2.45) is 20.5 Å². The number of likely N-dealkylation sites (N-methyl/N-ethyl adjacent to an activating group) is 1. The smallest absolute Gasteiger partial charge is 0.305 e. The number of carbonyl (C=O) groups excluding carboxylic acids is 1. The molecular weight excluding hydrogens is 496 g/mol. The number of anilines is 1. The number of thiophene rings is 1. The Balaban J connectivity index is 1.35. The highest BCUT2D eigenvalue weighted by Gasteiger charge is 2.09. The van der Waals surface area contributed by atoms with Crippen LogP contribution in [0.15, 0.2) is 75.1 Å². The molecule has 0 unspecified atom stereocenters. The number of ether oxygens (including phenoxy) is 2. The van der Waals surface area contributed by atoms with E-state index in [1.165, 1.54) is 22.7 Å². The summed E-state index contributed by atoms with van der Waals surface area (Å²) in [5.41, 5.74) is 2.53. The van der Waals surface area contributed by atoms with Gasteiger partial charge in [-0.25, -0.2) is 4.98 Å². The molecule has 11 heteroatoms. The molecule has 0 aliphatic rings. The molecule has 0 bridgehead atoms. The van der Waals surface area contributed by atoms with Gasteiger partial charge < -0.3 is 14.4 Å². The van der Waals surface area contributed by atoms with E-state index in [2.05, 4.69) is 37.3 Å². The number of rotatable bonds is 11. The van der Waals surface area contributed by atoms with Gasteiger partial charge in [0.05, 0.1) is 29.7 Å². The van der Waals surface area contributed by atoms with Crippen molar-refractivity contribution in [1.82, 2.24) is 4.98 Å². The minimum atomic E-state index is -0.182. The van der Waals surface area contributed by atoms with Crippen molar-refractivity contribution in [3.05, 3.63) is 54.6 Å². The third-order valence-corrected chi connectivity index (χ3v) is 7.09. The highest BCUT2D eigenvalue weighted by atomic mass is 32.1. The highest BCUT2D eigenvalue weighted by molar-refractivity contribution is 7.30. The lowest BCUT2D eigenvalue weighted by Gasteiger charge is -2.22. The third-order valence-electron chi connectivity index (χ3n) is 5.16. The number of fused-ring (bicyclic) bond motifs is 1. The van der Waals surface area contributed by atoms with E-state index in [1.807, 2.05) is 54.6 Å². The standard InChI is InChI=1S/C25H26N6O3S2/c1-4-23(32)34-15-14-31(5-2)19-10-6-17(7-11-19)28-30-25-26-24-21(35-25)16-22(36-24)29-27-18-8-12-20(33-3)13-9-18/h6-13,16H,4-5,14-15H2,1-3H3. The number of methoxy groups -OCH3 is 1. The summed E-state index contributed by atoms with van der Waals surface area (Å²) < 4.78 is 11.3. The number of aromatic nitrogens is 1. The first-order chi connectivity index (χ1) is 17.6. The number of benzene rings is 2. The van der Waals surface area contributed by atoms with E-state index < -0.39 is 0 Å². The van der Waals surface area contributed by atoms with Gasteiger partial charge in [-0.2, -0.15) is 0 Å². The van der Waals surface area contributed by atoms with E-state index in [1.54, 1.807) is 14.0 Å². The summed E-state index contributed by atoms with van der Waals surface area (Å²) >= 11 is 2.92. The van der Waals surface area contributed by atoms with Gasteiger partial charge in [-0.3, -0.25) is 4.79 Å². The molecule has 9 nitrogen and oxygen atoms in total. The van der Waals surface area contributed by atoms with Crippen molar-refractivity contribution in [1.29, 1.82) is 0 Å². The van der Waals surface area contributed by atoms with Gasteiger partial charge in [0.25, 0.3) is 0 Å². The first-order valence-electron chi connectivity index (χ1n) is 11.5. The zero-order chi connectivity index (χ0) is 25.3. The lowest BCUT2D eigenvalue weighted by Crippen LogP contribution is -2.27. The molecule has 0 aliphatic heterocycles. The van der Waals surface area contributed by atoms with Crippen LogP contribution in [0.5, 0.6) is 5.75 Å². The van der Waals surface area contributed by atoms with Gasteiger partial charge in [-0.15, -0.1) is 20.5 Å². The summed E-state index contributed by atoms with van der Waals surface area (Å²) in [6.07, 6.45) is 0.389. The molecule has 2 aromatic heterocycles. The van der Waals surface area contributed by atoms with Crippen LogP contribution in [0.2, 0.25) is 0 Å². The molecule has 2 aromatic carbocycles. The van der Waals surface area contributed by atoms with Crippen molar-refractivity contribution in [2.75, 3.05) is 31.7 Å². The van der Waals surface area contributed by atoms with Crippen LogP contribution in [0.25, 0.3) is 9.53 Å². The van der Waals surface area contributed by atoms with Crippen LogP contribution >= 0.6 is 22.7 Å². The molecule has 0 fully saturated rings. The SMILES string of the molecule is CCC(=O)OCCN(CC)c1ccc(N=Nc2nc3sc(N=Nc4ccc(OC)cc4)cc3s2)cc1. The van der Waals surface area contributed by atoms with Crippen LogP contribution in [0, 0.1) is 0 Å². The Kier molecular flexibility index (Phi) is 8.69. The van der Waals surface area contributed by atoms with E-state index in [-0.39, 0.29) is 5.97 Å². The van der Waals surface area contributed by atoms with Crippen LogP contribution in [0.1, 0.15) is 20.3 Å². The predicted molar refractivity (Wildman–Crippen MR) is 144 cm³/mol. The number of thiazole rings is 1. The number of azo groups is 2. The van der Waals surface area contributed by atoms with Crippen molar-refractivity contribution in [3.63, 3.8) is 0 Å². The van der Waals surface area contributed by atoms with Gasteiger partial charge in [0.2, 0.25) is 5.13 Å². The van der Waals surface area contributed by atoms with Crippen LogP contribution in [0.4, 0.5) is 27.2 Å². The first-order valence-corrected chi connectivity index (χ1v) is 13.1. The Hall–Kier alpha value is -3.70. The largest absolute Gasteiger partial charge is 0.497 e. The Morgan fingerprint density at radius 1 is 0.944 bits per heavy atom. The van der Waals surface area contributed by atoms with E-state index in [4.69, 9.17) is 9.47 Å². The molecule has 36 heavy (non-hydrogen) atoms. The molecule has 0 aliphatic carbocycles. The van der Waals surface area contributed by atoms with E-state index in [9.17, 15) is 4.79 Å². The molecule has 0 saturated carbocycles. The second kappa shape index (κ2) is 12.3. The molecule has 0 radical (unpaired) electrons. The molecule has 2 heterocycles. The first kappa shape index (κ1) is 25.4. The van der Waals surface area contributed by atoms with E-state index in [0.29, 0.717) is 24.7 Å². The summed E-state index contributed by atoms with van der Waals surface area (Å²) in [6, 6.07) is 17.1. The van der Waals surface area contributed by atoms with Gasteiger partial charge in [-0.05, 0) is 61.5 Å². The topological polar surface area (TPSA) is 101 Å². The van der Waals surface area contributed by atoms with Crippen molar-refractivity contribution in [3.8, 4) is 5.75 Å². The Morgan fingerprint density at radius 2 is 1.64 bits per heavy atom. The molecule has 0 saturated heterocycles. The second-order valence-corrected chi connectivity index (χ2v) is 9.54. The Labute approximate surface area is 217 Å². The lowest BCUT2D eigenvalue weighted by atomic mass is 10.2. The molecule has 4 rings (SSSR count). The summed E-state index contributed by atoms with van der Waals surface area (Å²) in [5.74, 6) is 0.597. The number of hydrogen-bond acceptors (Lipinski definition) is 11. The Bertz CT molecular complexity index is 1320. The molecular formula is C25H26N6O3S2. The van der Waals surface area contributed by atoms with Gasteiger partial charge in [0.15, 0.2) is 0 Å². The normalized spacial score (nSPS) is 11.5. The number of carbonyl (C=O) groups is 1. The summed E-state index contributed by atoms with van der Waals surface area (Å²) in [4.78, 5) is 18.9. The van der Waals surface area contributed by atoms with Gasteiger partial charge in [-0.1, -0.05) is 29.6 Å². The van der Waals surface area contributed by atoms with E-state index in [0.717, 1.165) is 43.9 Å². The quantitative estimate of drug-likeness (QED) is 0.147. The van der Waals surface area contributed by atoms with E-state index >= 15 is 0 Å². The number of hydrogen-bond donors (Lipinski definition) is 0. The average molecular weight is 523 g/mol. The van der Waals surface area contributed by atoms with Crippen LogP contribution < -0.4 is 9.64 Å².